The summed E-state index contributed by atoms with van der Waals surface area (Å²) in [7, 11) is 2.87. The van der Waals surface area contributed by atoms with Gasteiger partial charge in [0, 0.05) is 11.8 Å². The first-order valence-electron chi connectivity index (χ1n) is 6.11. The van der Waals surface area contributed by atoms with Gasteiger partial charge in [0.05, 0.1) is 25.5 Å². The predicted octanol–water partition coefficient (Wildman–Crippen LogP) is 2.10. The lowest BCUT2D eigenvalue weighted by Gasteiger charge is -2.07. The Morgan fingerprint density at radius 3 is 2.43 bits per heavy atom. The van der Waals surface area contributed by atoms with Gasteiger partial charge in [0.25, 0.3) is 0 Å². The van der Waals surface area contributed by atoms with Gasteiger partial charge in [0.2, 0.25) is 0 Å². The van der Waals surface area contributed by atoms with Crippen molar-refractivity contribution >= 4 is 11.7 Å². The van der Waals surface area contributed by atoms with E-state index in [4.69, 9.17) is 4.74 Å². The Kier molecular flexibility index (Phi) is 4.50. The lowest BCUT2D eigenvalue weighted by molar-refractivity contribution is 0.0600. The molecule has 0 aliphatic heterocycles. The largest absolute Gasteiger partial charge is 0.497 e. The Balaban J connectivity index is 2.39. The Bertz CT molecular complexity index is 666. The molecule has 6 heteroatoms. The molecule has 0 aliphatic carbocycles. The second kappa shape index (κ2) is 6.51. The summed E-state index contributed by atoms with van der Waals surface area (Å²) in [5.74, 6) is 0.206. The molecule has 0 radical (unpaired) electrons. The Morgan fingerprint density at radius 1 is 1.14 bits per heavy atom. The van der Waals surface area contributed by atoms with Gasteiger partial charge in [0.15, 0.2) is 0 Å². The summed E-state index contributed by atoms with van der Waals surface area (Å²) in [5, 5.41) is 12.5. The van der Waals surface area contributed by atoms with E-state index < -0.39 is 5.97 Å². The van der Waals surface area contributed by atoms with E-state index in [0.717, 1.165) is 0 Å². The van der Waals surface area contributed by atoms with Crippen LogP contribution in [-0.4, -0.2) is 36.1 Å². The van der Waals surface area contributed by atoms with Crippen molar-refractivity contribution in [3.63, 3.8) is 0 Å². The number of carbonyl (C=O) groups is 1. The number of oxime groups is 1. The fraction of sp³-hybridized carbons (Fsp3) is 0.133. The summed E-state index contributed by atoms with van der Waals surface area (Å²) in [4.78, 5) is 15.6. The number of benzene rings is 1. The molecule has 0 amide bonds. The molecule has 1 heterocycles. The lowest BCUT2D eigenvalue weighted by atomic mass is 10.1. The van der Waals surface area contributed by atoms with Crippen molar-refractivity contribution in [1.29, 1.82) is 0 Å². The number of esters is 1. The number of carbonyl (C=O) groups excluding carboxylic acids is 1. The summed E-state index contributed by atoms with van der Waals surface area (Å²) in [6.45, 7) is 0. The third-order valence-electron chi connectivity index (χ3n) is 2.89. The second-order valence-electron chi connectivity index (χ2n) is 4.10. The monoisotopic (exact) mass is 286 g/mol. The Morgan fingerprint density at radius 2 is 1.86 bits per heavy atom. The molecule has 0 unspecified atom stereocenters. The van der Waals surface area contributed by atoms with Crippen LogP contribution in [0.4, 0.5) is 0 Å². The quantitative estimate of drug-likeness (QED) is 0.403. The highest BCUT2D eigenvalue weighted by atomic mass is 16.5. The second-order valence-corrected chi connectivity index (χ2v) is 4.10. The van der Waals surface area contributed by atoms with Crippen LogP contribution >= 0.6 is 0 Å². The van der Waals surface area contributed by atoms with Crippen molar-refractivity contribution < 1.29 is 19.5 Å². The third kappa shape index (κ3) is 3.17. The fourth-order valence-corrected chi connectivity index (χ4v) is 1.81. The van der Waals surface area contributed by atoms with Gasteiger partial charge in [-0.3, -0.25) is 4.98 Å². The van der Waals surface area contributed by atoms with Crippen molar-refractivity contribution in [2.75, 3.05) is 14.2 Å². The minimum atomic E-state index is -0.481. The highest BCUT2D eigenvalue weighted by Crippen LogP contribution is 2.15. The molecule has 0 aliphatic rings. The summed E-state index contributed by atoms with van der Waals surface area (Å²) >= 11 is 0. The minimum Gasteiger partial charge on any atom is -0.497 e. The molecular formula is C15H14N2O4. The molecule has 0 atom stereocenters. The van der Waals surface area contributed by atoms with Crippen LogP contribution in [0.5, 0.6) is 5.75 Å². The molecule has 1 aromatic heterocycles. The van der Waals surface area contributed by atoms with Crippen LogP contribution in [0.2, 0.25) is 0 Å². The lowest BCUT2D eigenvalue weighted by Crippen LogP contribution is -2.09. The highest BCUT2D eigenvalue weighted by Gasteiger charge is 2.13. The maximum atomic E-state index is 11.5. The standard InChI is InChI=1S/C15H14N2O4/c1-20-12-5-3-10(4-6-12)14(17-19)13-9-11(7-8-16-13)15(18)21-2/h3-9,19H,1-2H3/b17-14-. The van der Waals surface area contributed by atoms with E-state index in [1.54, 1.807) is 31.4 Å². The molecule has 0 saturated heterocycles. The Labute approximate surface area is 121 Å². The van der Waals surface area contributed by atoms with Crippen LogP contribution in [0.15, 0.2) is 47.8 Å². The number of hydrogen-bond donors (Lipinski definition) is 1. The van der Waals surface area contributed by atoms with Crippen LogP contribution in [0.25, 0.3) is 0 Å². The molecular weight excluding hydrogens is 272 g/mol. The minimum absolute atomic E-state index is 0.253. The normalized spacial score (nSPS) is 11.0. The van der Waals surface area contributed by atoms with E-state index in [1.807, 2.05) is 0 Å². The summed E-state index contributed by atoms with van der Waals surface area (Å²) in [6.07, 6.45) is 1.45. The number of nitrogens with zero attached hydrogens (tertiary/aromatic N) is 2. The average molecular weight is 286 g/mol. The number of rotatable bonds is 4. The van der Waals surface area contributed by atoms with Gasteiger partial charge in [-0.2, -0.15) is 0 Å². The van der Waals surface area contributed by atoms with Crippen LogP contribution in [0.1, 0.15) is 21.6 Å². The molecule has 0 bridgehead atoms. The third-order valence-corrected chi connectivity index (χ3v) is 2.89. The molecule has 0 fully saturated rings. The van der Waals surface area contributed by atoms with Crippen molar-refractivity contribution in [2.24, 2.45) is 5.16 Å². The van der Waals surface area contributed by atoms with Gasteiger partial charge < -0.3 is 14.7 Å². The van der Waals surface area contributed by atoms with Crippen LogP contribution < -0.4 is 4.74 Å². The van der Waals surface area contributed by atoms with Crippen LogP contribution in [0, 0.1) is 0 Å². The summed E-state index contributed by atoms with van der Waals surface area (Å²) < 4.78 is 9.73. The fourth-order valence-electron chi connectivity index (χ4n) is 1.81. The molecule has 2 rings (SSSR count). The van der Waals surface area contributed by atoms with Gasteiger partial charge in [-0.15, -0.1) is 0 Å². The van der Waals surface area contributed by atoms with Crippen molar-refractivity contribution in [3.05, 3.63) is 59.4 Å². The SMILES string of the molecule is COC(=O)c1ccnc(/C(=N\O)c2ccc(OC)cc2)c1. The maximum absolute atomic E-state index is 11.5. The van der Waals surface area contributed by atoms with E-state index in [2.05, 4.69) is 14.9 Å². The first kappa shape index (κ1) is 14.5. The summed E-state index contributed by atoms with van der Waals surface area (Å²) in [5.41, 5.74) is 1.60. The smallest absolute Gasteiger partial charge is 0.337 e. The molecule has 1 aromatic carbocycles. The molecule has 0 saturated carbocycles. The number of ether oxygens (including phenoxy) is 2. The van der Waals surface area contributed by atoms with Crippen molar-refractivity contribution in [2.45, 2.75) is 0 Å². The molecule has 1 N–H and O–H groups in total. The van der Waals surface area contributed by atoms with E-state index in [-0.39, 0.29) is 5.71 Å². The molecule has 2 aromatic rings. The van der Waals surface area contributed by atoms with E-state index in [1.165, 1.54) is 25.4 Å². The van der Waals surface area contributed by atoms with Crippen molar-refractivity contribution in [3.8, 4) is 5.75 Å². The molecule has 6 nitrogen and oxygen atoms in total. The topological polar surface area (TPSA) is 81.0 Å². The van der Waals surface area contributed by atoms with Crippen LogP contribution in [-0.2, 0) is 4.74 Å². The highest BCUT2D eigenvalue weighted by molar-refractivity contribution is 6.12. The van der Waals surface area contributed by atoms with Gasteiger partial charge in [0.1, 0.15) is 11.5 Å². The van der Waals surface area contributed by atoms with E-state index in [0.29, 0.717) is 22.6 Å². The van der Waals surface area contributed by atoms with Gasteiger partial charge >= 0.3 is 5.97 Å². The molecule has 108 valence electrons. The number of pyridine rings is 1. The zero-order chi connectivity index (χ0) is 15.2. The van der Waals surface area contributed by atoms with Gasteiger partial charge in [-0.05, 0) is 36.4 Å². The number of methoxy groups -OCH3 is 2. The number of hydrogen-bond acceptors (Lipinski definition) is 6. The first-order valence-corrected chi connectivity index (χ1v) is 6.11. The number of aromatic nitrogens is 1. The zero-order valence-corrected chi connectivity index (χ0v) is 11.6. The zero-order valence-electron chi connectivity index (χ0n) is 11.6. The summed E-state index contributed by atoms with van der Waals surface area (Å²) in [6, 6.07) is 9.99. The molecule has 0 spiro atoms. The predicted molar refractivity (Wildman–Crippen MR) is 76.0 cm³/mol. The van der Waals surface area contributed by atoms with Gasteiger partial charge in [-0.1, -0.05) is 5.16 Å². The maximum Gasteiger partial charge on any atom is 0.337 e. The van der Waals surface area contributed by atoms with Crippen LogP contribution in [0.3, 0.4) is 0 Å². The molecule has 21 heavy (non-hydrogen) atoms. The first-order chi connectivity index (χ1) is 10.2. The average Bonchev–Trinajstić information content (AvgIpc) is 2.55. The van der Waals surface area contributed by atoms with Gasteiger partial charge in [-0.25, -0.2) is 4.79 Å². The Hall–Kier alpha value is -2.89. The van der Waals surface area contributed by atoms with E-state index in [9.17, 15) is 10.0 Å². The van der Waals surface area contributed by atoms with E-state index >= 15 is 0 Å². The van der Waals surface area contributed by atoms with Crippen molar-refractivity contribution in [1.82, 2.24) is 4.98 Å².